The number of pyridine rings is 1. The highest BCUT2D eigenvalue weighted by Gasteiger charge is 2.18. The third-order valence-corrected chi connectivity index (χ3v) is 5.82. The van der Waals surface area contributed by atoms with Gasteiger partial charge in [0, 0.05) is 23.4 Å². The molecule has 0 atom stereocenters. The van der Waals surface area contributed by atoms with Gasteiger partial charge in [-0.2, -0.15) is 0 Å². The fourth-order valence-electron chi connectivity index (χ4n) is 3.49. The summed E-state index contributed by atoms with van der Waals surface area (Å²) in [5.74, 6) is 0.644. The zero-order valence-electron chi connectivity index (χ0n) is 18.4. The predicted molar refractivity (Wildman–Crippen MR) is 126 cm³/mol. The summed E-state index contributed by atoms with van der Waals surface area (Å²) in [4.78, 5) is 21.7. The van der Waals surface area contributed by atoms with E-state index in [1.807, 2.05) is 52.0 Å². The summed E-state index contributed by atoms with van der Waals surface area (Å²) in [6.07, 6.45) is 3.48. The maximum atomic E-state index is 12.7. The van der Waals surface area contributed by atoms with Gasteiger partial charge in [-0.3, -0.25) is 4.79 Å². The predicted octanol–water partition coefficient (Wildman–Crippen LogP) is 4.05. The largest absolute Gasteiger partial charge is 0.382 e. The summed E-state index contributed by atoms with van der Waals surface area (Å²) in [5, 5.41) is 8.60. The molecule has 0 spiro atoms. The number of benzene rings is 1. The topological polar surface area (TPSA) is 105 Å². The first-order valence-electron chi connectivity index (χ1n) is 10.3. The van der Waals surface area contributed by atoms with Crippen LogP contribution < -0.4 is 11.3 Å². The fraction of sp³-hybridized carbons (Fsp3) is 0.261. The number of hydrogen-bond donors (Lipinski definition) is 1. The number of nitrogens with zero attached hydrogens (tertiary/aromatic N) is 6. The van der Waals surface area contributed by atoms with E-state index in [1.165, 1.54) is 0 Å². The van der Waals surface area contributed by atoms with Crippen molar-refractivity contribution < 1.29 is 0 Å². The van der Waals surface area contributed by atoms with Crippen LogP contribution >= 0.6 is 11.6 Å². The van der Waals surface area contributed by atoms with Crippen molar-refractivity contribution in [3.8, 4) is 22.8 Å². The molecule has 0 fully saturated rings. The molecule has 32 heavy (non-hydrogen) atoms. The summed E-state index contributed by atoms with van der Waals surface area (Å²) in [7, 11) is 0. The van der Waals surface area contributed by atoms with E-state index in [-0.39, 0.29) is 29.0 Å². The lowest BCUT2D eigenvalue weighted by atomic mass is 10.0. The highest BCUT2D eigenvalue weighted by atomic mass is 35.5. The van der Waals surface area contributed by atoms with Crippen molar-refractivity contribution in [1.29, 1.82) is 0 Å². The number of aryl methyl sites for hydroxylation is 1. The van der Waals surface area contributed by atoms with E-state index in [2.05, 4.69) is 20.3 Å². The van der Waals surface area contributed by atoms with Gasteiger partial charge in [0.25, 0.3) is 5.56 Å². The van der Waals surface area contributed by atoms with E-state index in [4.69, 9.17) is 17.3 Å². The first-order chi connectivity index (χ1) is 15.3. The van der Waals surface area contributed by atoms with Gasteiger partial charge in [0.15, 0.2) is 5.82 Å². The smallest absolute Gasteiger partial charge is 0.255 e. The van der Waals surface area contributed by atoms with Crippen LogP contribution in [0.15, 0.2) is 47.5 Å². The Bertz CT molecular complexity index is 1360. The van der Waals surface area contributed by atoms with Gasteiger partial charge in [-0.1, -0.05) is 41.1 Å². The number of aromatic nitrogens is 6. The molecule has 0 radical (unpaired) electrons. The van der Waals surface area contributed by atoms with E-state index in [1.54, 1.807) is 27.7 Å². The summed E-state index contributed by atoms with van der Waals surface area (Å²) < 4.78 is 3.27. The molecule has 0 unspecified atom stereocenters. The second-order valence-electron chi connectivity index (χ2n) is 7.98. The Kier molecular flexibility index (Phi) is 5.80. The quantitative estimate of drug-likeness (QED) is 0.493. The number of halogens is 1. The summed E-state index contributed by atoms with van der Waals surface area (Å²) in [6, 6.07) is 9.64. The number of nitrogen functional groups attached to an aromatic ring is 1. The molecule has 4 aromatic rings. The van der Waals surface area contributed by atoms with Gasteiger partial charge in [0.1, 0.15) is 22.2 Å². The van der Waals surface area contributed by atoms with Crippen LogP contribution in [-0.4, -0.2) is 29.5 Å². The lowest BCUT2D eigenvalue weighted by Crippen LogP contribution is -2.25. The summed E-state index contributed by atoms with van der Waals surface area (Å²) >= 11 is 6.43. The average molecular weight is 450 g/mol. The Morgan fingerprint density at radius 2 is 1.91 bits per heavy atom. The molecule has 0 bridgehead atoms. The van der Waals surface area contributed by atoms with Gasteiger partial charge in [-0.05, 0) is 44.9 Å². The van der Waals surface area contributed by atoms with Crippen LogP contribution in [0.5, 0.6) is 0 Å². The lowest BCUT2D eigenvalue weighted by Gasteiger charge is -2.11. The van der Waals surface area contributed by atoms with Crippen LogP contribution in [0.2, 0.25) is 5.02 Å². The van der Waals surface area contributed by atoms with Crippen molar-refractivity contribution in [1.82, 2.24) is 29.5 Å². The van der Waals surface area contributed by atoms with Crippen molar-refractivity contribution >= 4 is 17.4 Å². The molecule has 9 heteroatoms. The second kappa shape index (κ2) is 8.55. The number of rotatable bonds is 5. The standard InChI is InChI=1S/C23H24ClN7O/c1-13(2)31-10-6-8-16(23(31)32)11-30-12-18(28-29-30)20-19(24)21(25)27-22(26-20)17-9-5-7-14(3)15(17)4/h5-10,12-13H,11H2,1-4H3,(H2,25,26,27). The van der Waals surface area contributed by atoms with Gasteiger partial charge in [0.2, 0.25) is 0 Å². The molecule has 0 saturated carbocycles. The molecule has 2 N–H and O–H groups in total. The molecule has 164 valence electrons. The third-order valence-electron chi connectivity index (χ3n) is 5.45. The highest BCUT2D eigenvalue weighted by Crippen LogP contribution is 2.32. The molecule has 0 aliphatic heterocycles. The summed E-state index contributed by atoms with van der Waals surface area (Å²) in [6.45, 7) is 8.25. The number of anilines is 1. The Labute approximate surface area is 190 Å². The number of hydrogen-bond acceptors (Lipinski definition) is 6. The van der Waals surface area contributed by atoms with E-state index in [0.717, 1.165) is 16.7 Å². The molecule has 3 aromatic heterocycles. The second-order valence-corrected chi connectivity index (χ2v) is 8.36. The molecular weight excluding hydrogens is 426 g/mol. The monoisotopic (exact) mass is 449 g/mol. The SMILES string of the molecule is Cc1cccc(-c2nc(N)c(Cl)c(-c3cn(Cc4cccn(C(C)C)c4=O)nn3)n2)c1C. The molecule has 1 aromatic carbocycles. The van der Waals surface area contributed by atoms with E-state index >= 15 is 0 Å². The van der Waals surface area contributed by atoms with E-state index < -0.39 is 0 Å². The Hall–Kier alpha value is -3.52. The van der Waals surface area contributed by atoms with Crippen molar-refractivity contribution in [2.45, 2.75) is 40.3 Å². The van der Waals surface area contributed by atoms with Gasteiger partial charge in [-0.25, -0.2) is 14.6 Å². The van der Waals surface area contributed by atoms with Gasteiger partial charge >= 0.3 is 0 Å². The van der Waals surface area contributed by atoms with Crippen molar-refractivity contribution in [3.05, 3.63) is 74.8 Å². The molecule has 0 aliphatic carbocycles. The van der Waals surface area contributed by atoms with Crippen molar-refractivity contribution in [2.24, 2.45) is 0 Å². The first kappa shape index (κ1) is 21.7. The van der Waals surface area contributed by atoms with Crippen molar-refractivity contribution in [2.75, 3.05) is 5.73 Å². The number of nitrogens with two attached hydrogens (primary N) is 1. The Morgan fingerprint density at radius 1 is 1.12 bits per heavy atom. The molecule has 8 nitrogen and oxygen atoms in total. The third kappa shape index (κ3) is 4.01. The van der Waals surface area contributed by atoms with Crippen LogP contribution in [0.4, 0.5) is 5.82 Å². The van der Waals surface area contributed by atoms with Crippen LogP contribution in [-0.2, 0) is 6.54 Å². The minimum absolute atomic E-state index is 0.0546. The van der Waals surface area contributed by atoms with Crippen LogP contribution in [0.25, 0.3) is 22.8 Å². The van der Waals surface area contributed by atoms with Crippen LogP contribution in [0.1, 0.15) is 36.6 Å². The van der Waals surface area contributed by atoms with Gasteiger partial charge < -0.3 is 10.3 Å². The lowest BCUT2D eigenvalue weighted by molar-refractivity contribution is 0.563. The van der Waals surface area contributed by atoms with Gasteiger partial charge in [-0.15, -0.1) is 5.10 Å². The Balaban J connectivity index is 1.72. The van der Waals surface area contributed by atoms with Crippen LogP contribution in [0, 0.1) is 13.8 Å². The molecule has 0 aliphatic rings. The molecule has 0 saturated heterocycles. The average Bonchev–Trinajstić information content (AvgIpc) is 3.21. The van der Waals surface area contributed by atoms with E-state index in [9.17, 15) is 4.79 Å². The normalized spacial score (nSPS) is 11.3. The summed E-state index contributed by atoms with van der Waals surface area (Å²) in [5.41, 5.74) is 10.6. The zero-order valence-corrected chi connectivity index (χ0v) is 19.1. The molecular formula is C23H24ClN7O. The molecule has 3 heterocycles. The van der Waals surface area contributed by atoms with Crippen LogP contribution in [0.3, 0.4) is 0 Å². The Morgan fingerprint density at radius 3 is 2.66 bits per heavy atom. The minimum Gasteiger partial charge on any atom is -0.382 e. The van der Waals surface area contributed by atoms with Gasteiger partial charge in [0.05, 0.1) is 12.7 Å². The van der Waals surface area contributed by atoms with E-state index in [0.29, 0.717) is 22.8 Å². The maximum Gasteiger partial charge on any atom is 0.255 e. The first-order valence-corrected chi connectivity index (χ1v) is 10.6. The molecule has 0 amide bonds. The molecule has 4 rings (SSSR count). The maximum absolute atomic E-state index is 12.7. The highest BCUT2D eigenvalue weighted by molar-refractivity contribution is 6.35. The zero-order chi connectivity index (χ0) is 23.0. The van der Waals surface area contributed by atoms with Crippen molar-refractivity contribution in [3.63, 3.8) is 0 Å². The fourth-order valence-corrected chi connectivity index (χ4v) is 3.67. The minimum atomic E-state index is -0.0546.